The second-order valence-corrected chi connectivity index (χ2v) is 5.64. The van der Waals surface area contributed by atoms with E-state index in [2.05, 4.69) is 5.32 Å². The Bertz CT molecular complexity index is 964. The van der Waals surface area contributed by atoms with Crippen molar-refractivity contribution in [2.45, 2.75) is 0 Å². The van der Waals surface area contributed by atoms with Gasteiger partial charge in [-0.15, -0.1) is 0 Å². The zero-order valence-electron chi connectivity index (χ0n) is 12.7. The number of benzene rings is 3. The van der Waals surface area contributed by atoms with Crippen LogP contribution in [0, 0.1) is 11.3 Å². The fourth-order valence-electron chi connectivity index (χ4n) is 2.40. The summed E-state index contributed by atoms with van der Waals surface area (Å²) in [6, 6.07) is 22.3. The lowest BCUT2D eigenvalue weighted by Gasteiger charge is -2.08. The molecule has 0 spiro atoms. The number of nitrogens with zero attached hydrogens (tertiary/aromatic N) is 1. The molecule has 24 heavy (non-hydrogen) atoms. The number of anilines is 1. The molecule has 0 aliphatic rings. The molecule has 116 valence electrons. The van der Waals surface area contributed by atoms with Gasteiger partial charge >= 0.3 is 0 Å². The maximum Gasteiger partial charge on any atom is 0.266 e. The lowest BCUT2D eigenvalue weighted by Crippen LogP contribution is -2.13. The standard InChI is InChI=1S/C20H13ClN2O/c21-17-10-8-14(9-11-17)12-16(13-22)20(24)23-19-7-3-5-15-4-1-2-6-18(15)19/h1-12H,(H,23,24)/b16-12+. The van der Waals surface area contributed by atoms with Crippen molar-refractivity contribution < 1.29 is 4.79 Å². The van der Waals surface area contributed by atoms with Crippen molar-refractivity contribution in [2.24, 2.45) is 0 Å². The fraction of sp³-hybridized carbons (Fsp3) is 0. The summed E-state index contributed by atoms with van der Waals surface area (Å²) in [5.74, 6) is -0.441. The number of nitriles is 1. The van der Waals surface area contributed by atoms with Crippen LogP contribution in [-0.2, 0) is 4.79 Å². The SMILES string of the molecule is N#C/C(=C\c1ccc(Cl)cc1)C(=O)Nc1cccc2ccccc12. The Kier molecular flexibility index (Phi) is 4.60. The van der Waals surface area contributed by atoms with Gasteiger partial charge in [-0.25, -0.2) is 0 Å². The Morgan fingerprint density at radius 1 is 1.00 bits per heavy atom. The lowest BCUT2D eigenvalue weighted by atomic mass is 10.1. The van der Waals surface area contributed by atoms with Crippen molar-refractivity contribution in [2.75, 3.05) is 5.32 Å². The predicted octanol–water partition coefficient (Wildman–Crippen LogP) is 5.04. The van der Waals surface area contributed by atoms with Gasteiger partial charge < -0.3 is 5.32 Å². The Balaban J connectivity index is 1.89. The van der Waals surface area contributed by atoms with E-state index >= 15 is 0 Å². The summed E-state index contributed by atoms with van der Waals surface area (Å²) < 4.78 is 0. The summed E-state index contributed by atoms with van der Waals surface area (Å²) in [6.07, 6.45) is 1.54. The molecule has 1 N–H and O–H groups in total. The molecule has 0 saturated heterocycles. The molecule has 3 nitrogen and oxygen atoms in total. The highest BCUT2D eigenvalue weighted by molar-refractivity contribution is 6.30. The molecule has 4 heteroatoms. The minimum atomic E-state index is -0.441. The van der Waals surface area contributed by atoms with Gasteiger partial charge in [0.15, 0.2) is 0 Å². The zero-order valence-corrected chi connectivity index (χ0v) is 13.4. The number of hydrogen-bond donors (Lipinski definition) is 1. The highest BCUT2D eigenvalue weighted by Crippen LogP contribution is 2.23. The van der Waals surface area contributed by atoms with E-state index in [1.54, 1.807) is 24.3 Å². The van der Waals surface area contributed by atoms with E-state index in [0.29, 0.717) is 10.7 Å². The Morgan fingerprint density at radius 2 is 1.71 bits per heavy atom. The summed E-state index contributed by atoms with van der Waals surface area (Å²) in [6.45, 7) is 0. The predicted molar refractivity (Wildman–Crippen MR) is 97.6 cm³/mol. The largest absolute Gasteiger partial charge is 0.321 e. The molecule has 3 rings (SSSR count). The van der Waals surface area contributed by atoms with E-state index < -0.39 is 5.91 Å². The second-order valence-electron chi connectivity index (χ2n) is 5.20. The maximum atomic E-state index is 12.4. The summed E-state index contributed by atoms with van der Waals surface area (Å²) >= 11 is 5.84. The number of carbonyl (C=O) groups excluding carboxylic acids is 1. The van der Waals surface area contributed by atoms with Gasteiger partial charge in [0.2, 0.25) is 0 Å². The highest BCUT2D eigenvalue weighted by Gasteiger charge is 2.11. The summed E-state index contributed by atoms with van der Waals surface area (Å²) in [4.78, 5) is 12.4. The normalized spacial score (nSPS) is 11.1. The third-order valence-electron chi connectivity index (χ3n) is 3.58. The minimum Gasteiger partial charge on any atom is -0.321 e. The van der Waals surface area contributed by atoms with E-state index in [-0.39, 0.29) is 5.57 Å². The molecule has 3 aromatic carbocycles. The molecular weight excluding hydrogens is 320 g/mol. The fourth-order valence-corrected chi connectivity index (χ4v) is 2.52. The van der Waals surface area contributed by atoms with Gasteiger partial charge in [-0.1, -0.05) is 60.1 Å². The van der Waals surface area contributed by atoms with E-state index in [4.69, 9.17) is 11.6 Å². The monoisotopic (exact) mass is 332 g/mol. The van der Waals surface area contributed by atoms with Crippen molar-refractivity contribution in [3.8, 4) is 6.07 Å². The average Bonchev–Trinajstić information content (AvgIpc) is 2.61. The number of amides is 1. The smallest absolute Gasteiger partial charge is 0.266 e. The van der Waals surface area contributed by atoms with E-state index in [1.807, 2.05) is 48.5 Å². The first-order valence-corrected chi connectivity index (χ1v) is 7.71. The number of halogens is 1. The van der Waals surface area contributed by atoms with Gasteiger partial charge in [-0.05, 0) is 35.2 Å². The summed E-state index contributed by atoms with van der Waals surface area (Å²) in [7, 11) is 0. The number of rotatable bonds is 3. The Hall–Kier alpha value is -3.09. The van der Waals surface area contributed by atoms with Gasteiger partial charge in [0.05, 0.1) is 0 Å². The van der Waals surface area contributed by atoms with Crippen LogP contribution in [0.25, 0.3) is 16.8 Å². The van der Waals surface area contributed by atoms with Crippen molar-refractivity contribution in [3.63, 3.8) is 0 Å². The third kappa shape index (κ3) is 3.45. The molecule has 3 aromatic rings. The van der Waals surface area contributed by atoms with Crippen LogP contribution in [0.5, 0.6) is 0 Å². The number of carbonyl (C=O) groups is 1. The first kappa shape index (κ1) is 15.8. The van der Waals surface area contributed by atoms with Gasteiger partial charge in [0.25, 0.3) is 5.91 Å². The molecular formula is C20H13ClN2O. The molecule has 0 heterocycles. The van der Waals surface area contributed by atoms with Crippen molar-refractivity contribution in [1.29, 1.82) is 5.26 Å². The van der Waals surface area contributed by atoms with Crippen molar-refractivity contribution in [3.05, 3.63) is 82.9 Å². The molecule has 0 saturated carbocycles. The Morgan fingerprint density at radius 3 is 2.46 bits per heavy atom. The number of fused-ring (bicyclic) bond motifs is 1. The average molecular weight is 333 g/mol. The van der Waals surface area contributed by atoms with Gasteiger partial charge in [0, 0.05) is 16.1 Å². The van der Waals surface area contributed by atoms with Gasteiger partial charge in [-0.2, -0.15) is 5.26 Å². The van der Waals surface area contributed by atoms with Crippen LogP contribution in [-0.4, -0.2) is 5.91 Å². The van der Waals surface area contributed by atoms with Crippen LogP contribution in [0.3, 0.4) is 0 Å². The van der Waals surface area contributed by atoms with Crippen LogP contribution >= 0.6 is 11.6 Å². The highest BCUT2D eigenvalue weighted by atomic mass is 35.5. The molecule has 0 radical (unpaired) electrons. The molecule has 0 bridgehead atoms. The molecule has 0 aliphatic heterocycles. The van der Waals surface area contributed by atoms with Gasteiger partial charge in [-0.3, -0.25) is 4.79 Å². The van der Waals surface area contributed by atoms with Crippen LogP contribution in [0.1, 0.15) is 5.56 Å². The number of hydrogen-bond acceptors (Lipinski definition) is 2. The minimum absolute atomic E-state index is 0.0326. The van der Waals surface area contributed by atoms with Crippen LogP contribution in [0.15, 0.2) is 72.3 Å². The number of nitrogens with one attached hydrogen (secondary N) is 1. The quantitative estimate of drug-likeness (QED) is 0.539. The van der Waals surface area contributed by atoms with Crippen molar-refractivity contribution >= 4 is 40.0 Å². The van der Waals surface area contributed by atoms with E-state index in [9.17, 15) is 10.1 Å². The van der Waals surface area contributed by atoms with Crippen molar-refractivity contribution in [1.82, 2.24) is 0 Å². The molecule has 0 atom stereocenters. The second kappa shape index (κ2) is 6.99. The lowest BCUT2D eigenvalue weighted by molar-refractivity contribution is -0.112. The molecule has 1 amide bonds. The third-order valence-corrected chi connectivity index (χ3v) is 3.84. The molecule has 0 aliphatic carbocycles. The maximum absolute atomic E-state index is 12.4. The first-order chi connectivity index (χ1) is 11.7. The first-order valence-electron chi connectivity index (χ1n) is 7.34. The van der Waals surface area contributed by atoms with Gasteiger partial charge in [0.1, 0.15) is 11.6 Å². The topological polar surface area (TPSA) is 52.9 Å². The summed E-state index contributed by atoms with van der Waals surface area (Å²) in [5.41, 5.74) is 1.45. The zero-order chi connectivity index (χ0) is 16.9. The van der Waals surface area contributed by atoms with Crippen LogP contribution in [0.2, 0.25) is 5.02 Å². The molecule has 0 unspecified atom stereocenters. The van der Waals surface area contributed by atoms with E-state index in [1.165, 1.54) is 6.08 Å². The Labute approximate surface area is 144 Å². The molecule has 0 aromatic heterocycles. The van der Waals surface area contributed by atoms with Crippen LogP contribution in [0.4, 0.5) is 5.69 Å². The van der Waals surface area contributed by atoms with Crippen LogP contribution < -0.4 is 5.32 Å². The summed E-state index contributed by atoms with van der Waals surface area (Å²) in [5, 5.41) is 14.7. The van der Waals surface area contributed by atoms with E-state index in [0.717, 1.165) is 16.3 Å². The molecule has 0 fully saturated rings.